The molecule has 3 atom stereocenters. The number of nitrogens with zero attached hydrogens (tertiary/aromatic N) is 1. The summed E-state index contributed by atoms with van der Waals surface area (Å²) in [5, 5.41) is 0. The van der Waals surface area contributed by atoms with Gasteiger partial charge in [0, 0.05) is 6.54 Å². The van der Waals surface area contributed by atoms with Gasteiger partial charge < -0.3 is 15.2 Å². The molecule has 4 heteroatoms. The Labute approximate surface area is 91.7 Å². The molecule has 15 heavy (non-hydrogen) atoms. The van der Waals surface area contributed by atoms with Gasteiger partial charge in [0.25, 0.3) is 0 Å². The minimum absolute atomic E-state index is 0.0744. The van der Waals surface area contributed by atoms with E-state index in [2.05, 4.69) is 18.9 Å². The first-order valence-corrected chi connectivity index (χ1v) is 5.88. The number of nitrogens with two attached hydrogens (primary N) is 1. The van der Waals surface area contributed by atoms with Crippen molar-refractivity contribution in [1.29, 1.82) is 0 Å². The minimum atomic E-state index is -0.445. The normalized spacial score (nSPS) is 43.4. The van der Waals surface area contributed by atoms with Crippen LogP contribution in [0.25, 0.3) is 0 Å². The van der Waals surface area contributed by atoms with Crippen LogP contribution >= 0.6 is 0 Å². The number of likely N-dealkylation sites (tertiary alicyclic amines) is 1. The Hall–Kier alpha value is -0.160. The largest absolute Gasteiger partial charge is 0.346 e. The molecule has 2 aliphatic rings. The summed E-state index contributed by atoms with van der Waals surface area (Å²) in [5.74, 6) is -0.445. The average Bonchev–Trinajstić information content (AvgIpc) is 2.62. The van der Waals surface area contributed by atoms with Gasteiger partial charge in [-0.05, 0) is 33.4 Å². The van der Waals surface area contributed by atoms with Gasteiger partial charge in [-0.2, -0.15) is 0 Å². The molecule has 0 spiro atoms. The predicted octanol–water partition coefficient (Wildman–Crippen LogP) is 0.561. The van der Waals surface area contributed by atoms with Gasteiger partial charge in [-0.15, -0.1) is 0 Å². The standard InChI is InChI=1S/C11H22N2O2/c1-11(14-8-9(7-12)15-11)10-5-3-4-6-13(10)2/h9-10H,3-8,12H2,1-2H3. The molecule has 0 bridgehead atoms. The average molecular weight is 214 g/mol. The summed E-state index contributed by atoms with van der Waals surface area (Å²) in [6.07, 6.45) is 3.78. The van der Waals surface area contributed by atoms with E-state index in [0.717, 1.165) is 13.0 Å². The van der Waals surface area contributed by atoms with Gasteiger partial charge in [-0.25, -0.2) is 0 Å². The topological polar surface area (TPSA) is 47.7 Å². The molecule has 0 aromatic rings. The summed E-state index contributed by atoms with van der Waals surface area (Å²) >= 11 is 0. The Morgan fingerprint density at radius 1 is 1.47 bits per heavy atom. The fraction of sp³-hybridized carbons (Fsp3) is 1.00. The third kappa shape index (κ3) is 2.18. The zero-order valence-electron chi connectivity index (χ0n) is 9.74. The van der Waals surface area contributed by atoms with Gasteiger partial charge in [0.2, 0.25) is 0 Å². The molecule has 0 aromatic heterocycles. The zero-order chi connectivity index (χ0) is 10.9. The quantitative estimate of drug-likeness (QED) is 0.729. The van der Waals surface area contributed by atoms with Crippen LogP contribution in [0.3, 0.4) is 0 Å². The second kappa shape index (κ2) is 4.37. The van der Waals surface area contributed by atoms with E-state index in [1.807, 2.05) is 0 Å². The SMILES string of the molecule is CN1CCCCC1C1(C)OCC(CN)O1. The maximum Gasteiger partial charge on any atom is 0.181 e. The first-order chi connectivity index (χ1) is 7.15. The molecular formula is C11H22N2O2. The van der Waals surface area contributed by atoms with E-state index in [-0.39, 0.29) is 6.10 Å². The van der Waals surface area contributed by atoms with Crippen LogP contribution in [-0.2, 0) is 9.47 Å². The number of rotatable bonds is 2. The number of piperidine rings is 1. The minimum Gasteiger partial charge on any atom is -0.346 e. The van der Waals surface area contributed by atoms with E-state index < -0.39 is 5.79 Å². The molecule has 4 nitrogen and oxygen atoms in total. The van der Waals surface area contributed by atoms with Crippen molar-refractivity contribution in [3.05, 3.63) is 0 Å². The molecule has 0 saturated carbocycles. The van der Waals surface area contributed by atoms with Crippen LogP contribution in [-0.4, -0.2) is 49.6 Å². The van der Waals surface area contributed by atoms with Crippen molar-refractivity contribution in [1.82, 2.24) is 4.90 Å². The highest BCUT2D eigenvalue weighted by atomic mass is 16.7. The molecule has 3 unspecified atom stereocenters. The molecule has 88 valence electrons. The van der Waals surface area contributed by atoms with Crippen molar-refractivity contribution in [3.63, 3.8) is 0 Å². The third-order valence-corrected chi connectivity index (χ3v) is 3.60. The highest BCUT2D eigenvalue weighted by Crippen LogP contribution is 2.33. The maximum absolute atomic E-state index is 5.92. The van der Waals surface area contributed by atoms with Gasteiger partial charge in [-0.1, -0.05) is 6.42 Å². The highest BCUT2D eigenvalue weighted by molar-refractivity contribution is 4.90. The molecule has 0 radical (unpaired) electrons. The summed E-state index contributed by atoms with van der Waals surface area (Å²) in [6.45, 7) is 4.37. The molecule has 2 fully saturated rings. The Morgan fingerprint density at radius 2 is 2.27 bits per heavy atom. The fourth-order valence-electron chi connectivity index (χ4n) is 2.69. The summed E-state index contributed by atoms with van der Waals surface area (Å²) in [6, 6.07) is 0.378. The Morgan fingerprint density at radius 3 is 2.87 bits per heavy atom. The van der Waals surface area contributed by atoms with Crippen molar-refractivity contribution < 1.29 is 9.47 Å². The Kier molecular flexibility index (Phi) is 3.30. The number of ether oxygens (including phenoxy) is 2. The van der Waals surface area contributed by atoms with E-state index in [9.17, 15) is 0 Å². The summed E-state index contributed by atoms with van der Waals surface area (Å²) in [5.41, 5.74) is 5.60. The Bertz CT molecular complexity index is 225. The summed E-state index contributed by atoms with van der Waals surface area (Å²) < 4.78 is 11.7. The molecule has 2 rings (SSSR count). The second-order valence-corrected chi connectivity index (χ2v) is 4.79. The van der Waals surface area contributed by atoms with Crippen molar-refractivity contribution in [3.8, 4) is 0 Å². The van der Waals surface area contributed by atoms with Crippen LogP contribution in [0, 0.1) is 0 Å². The molecule has 2 aliphatic heterocycles. The lowest BCUT2D eigenvalue weighted by molar-refractivity contribution is -0.200. The van der Waals surface area contributed by atoms with Gasteiger partial charge >= 0.3 is 0 Å². The maximum atomic E-state index is 5.92. The van der Waals surface area contributed by atoms with E-state index >= 15 is 0 Å². The Balaban J connectivity index is 2.02. The molecule has 2 heterocycles. The lowest BCUT2D eigenvalue weighted by Crippen LogP contribution is -2.52. The van der Waals surface area contributed by atoms with Crippen LogP contribution < -0.4 is 5.73 Å². The van der Waals surface area contributed by atoms with E-state index in [1.165, 1.54) is 12.8 Å². The van der Waals surface area contributed by atoms with Crippen molar-refractivity contribution in [2.24, 2.45) is 5.73 Å². The molecular weight excluding hydrogens is 192 g/mol. The van der Waals surface area contributed by atoms with Gasteiger partial charge in [0.15, 0.2) is 5.79 Å². The lowest BCUT2D eigenvalue weighted by Gasteiger charge is -2.41. The van der Waals surface area contributed by atoms with E-state index in [4.69, 9.17) is 15.2 Å². The van der Waals surface area contributed by atoms with Gasteiger partial charge in [-0.3, -0.25) is 4.90 Å². The predicted molar refractivity (Wildman–Crippen MR) is 58.6 cm³/mol. The zero-order valence-corrected chi connectivity index (χ0v) is 9.74. The first kappa shape index (κ1) is 11.3. The number of hydrogen-bond donors (Lipinski definition) is 1. The van der Waals surface area contributed by atoms with Crippen molar-refractivity contribution in [2.75, 3.05) is 26.7 Å². The fourth-order valence-corrected chi connectivity index (χ4v) is 2.69. The molecule has 0 amide bonds. The van der Waals surface area contributed by atoms with Crippen LogP contribution in [0.5, 0.6) is 0 Å². The van der Waals surface area contributed by atoms with E-state index in [0.29, 0.717) is 19.2 Å². The first-order valence-electron chi connectivity index (χ1n) is 5.88. The van der Waals surface area contributed by atoms with E-state index in [1.54, 1.807) is 0 Å². The molecule has 2 saturated heterocycles. The summed E-state index contributed by atoms with van der Waals surface area (Å²) in [7, 11) is 2.15. The summed E-state index contributed by atoms with van der Waals surface area (Å²) in [4.78, 5) is 2.35. The highest BCUT2D eigenvalue weighted by Gasteiger charge is 2.45. The van der Waals surface area contributed by atoms with Gasteiger partial charge in [0.1, 0.15) is 0 Å². The molecule has 0 aliphatic carbocycles. The molecule has 0 aromatic carbocycles. The smallest absolute Gasteiger partial charge is 0.181 e. The van der Waals surface area contributed by atoms with Crippen LogP contribution in [0.2, 0.25) is 0 Å². The third-order valence-electron chi connectivity index (χ3n) is 3.60. The van der Waals surface area contributed by atoms with Crippen LogP contribution in [0.15, 0.2) is 0 Å². The number of likely N-dealkylation sites (N-methyl/N-ethyl adjacent to an activating group) is 1. The van der Waals surface area contributed by atoms with Crippen molar-refractivity contribution in [2.45, 2.75) is 44.1 Å². The monoisotopic (exact) mass is 214 g/mol. The van der Waals surface area contributed by atoms with Crippen molar-refractivity contribution >= 4 is 0 Å². The lowest BCUT2D eigenvalue weighted by atomic mass is 9.96. The second-order valence-electron chi connectivity index (χ2n) is 4.79. The number of hydrogen-bond acceptors (Lipinski definition) is 4. The van der Waals surface area contributed by atoms with Gasteiger partial charge in [0.05, 0.1) is 18.8 Å². The molecule has 2 N–H and O–H groups in total. The van der Waals surface area contributed by atoms with Crippen LogP contribution in [0.1, 0.15) is 26.2 Å². The van der Waals surface area contributed by atoms with Crippen LogP contribution in [0.4, 0.5) is 0 Å².